The van der Waals surface area contributed by atoms with Gasteiger partial charge < -0.3 is 15.0 Å². The number of hydrogen-bond acceptors (Lipinski definition) is 5. The standard InChI is InChI=1S/C24H27N3O5S/c1-15-12-19-21(32-16(2)23(28)25-19)13-22(15)33(30,31)26-10-5-7-18(14-26)24(29)27-11-9-17-6-3-4-8-20(17)27/h3-4,6,8,12-13,16,18H,5,7,9-11,14H2,1-2H3,(H,25,28)/t16-,18+/m0/s1. The van der Waals surface area contributed by atoms with Crippen molar-refractivity contribution in [2.75, 3.05) is 29.9 Å². The number of carbonyl (C=O) groups excluding carboxylic acids is 2. The highest BCUT2D eigenvalue weighted by Crippen LogP contribution is 2.37. The highest BCUT2D eigenvalue weighted by molar-refractivity contribution is 7.89. The summed E-state index contributed by atoms with van der Waals surface area (Å²) in [5, 5.41) is 2.75. The fraction of sp³-hybridized carbons (Fsp3) is 0.417. The van der Waals surface area contributed by atoms with Gasteiger partial charge in [-0.3, -0.25) is 9.59 Å². The molecule has 0 unspecified atom stereocenters. The summed E-state index contributed by atoms with van der Waals surface area (Å²) in [5.41, 5.74) is 3.07. The summed E-state index contributed by atoms with van der Waals surface area (Å²) in [6.07, 6.45) is 1.41. The number of rotatable bonds is 3. The normalized spacial score (nSPS) is 22.8. The van der Waals surface area contributed by atoms with Gasteiger partial charge in [-0.15, -0.1) is 0 Å². The van der Waals surface area contributed by atoms with Gasteiger partial charge in [0, 0.05) is 31.4 Å². The van der Waals surface area contributed by atoms with Gasteiger partial charge >= 0.3 is 0 Å². The van der Waals surface area contributed by atoms with E-state index in [-0.39, 0.29) is 29.2 Å². The summed E-state index contributed by atoms with van der Waals surface area (Å²) in [7, 11) is -3.84. The van der Waals surface area contributed by atoms with E-state index in [1.807, 2.05) is 24.3 Å². The van der Waals surface area contributed by atoms with Crippen LogP contribution in [0.5, 0.6) is 5.75 Å². The predicted octanol–water partition coefficient (Wildman–Crippen LogP) is 2.70. The molecule has 2 aromatic rings. The molecule has 9 heteroatoms. The second kappa shape index (κ2) is 8.14. The maximum atomic E-state index is 13.6. The lowest BCUT2D eigenvalue weighted by Gasteiger charge is -2.34. The molecule has 2 amide bonds. The fourth-order valence-electron chi connectivity index (χ4n) is 4.91. The van der Waals surface area contributed by atoms with Crippen LogP contribution in [-0.4, -0.2) is 50.3 Å². The Morgan fingerprint density at radius 2 is 1.97 bits per heavy atom. The summed E-state index contributed by atoms with van der Waals surface area (Å²) in [4.78, 5) is 27.2. The largest absolute Gasteiger partial charge is 0.479 e. The minimum Gasteiger partial charge on any atom is -0.479 e. The molecule has 1 saturated heterocycles. The van der Waals surface area contributed by atoms with E-state index >= 15 is 0 Å². The van der Waals surface area contributed by atoms with E-state index in [1.165, 1.54) is 10.4 Å². The SMILES string of the molecule is Cc1cc2c(cc1S(=O)(=O)N1CCC[C@@H](C(=O)N3CCc4ccccc43)C1)O[C@@H](C)C(=O)N2. The Labute approximate surface area is 193 Å². The third-order valence-electron chi connectivity index (χ3n) is 6.71. The van der Waals surface area contributed by atoms with Crippen LogP contribution in [0.2, 0.25) is 0 Å². The number of nitrogens with one attached hydrogen (secondary N) is 1. The maximum Gasteiger partial charge on any atom is 0.265 e. The number of anilines is 2. The van der Waals surface area contributed by atoms with Crippen molar-refractivity contribution < 1.29 is 22.7 Å². The molecule has 5 rings (SSSR count). The summed E-state index contributed by atoms with van der Waals surface area (Å²) in [6.45, 7) is 4.47. The smallest absolute Gasteiger partial charge is 0.265 e. The van der Waals surface area contributed by atoms with Gasteiger partial charge in [-0.05, 0) is 56.4 Å². The van der Waals surface area contributed by atoms with Crippen LogP contribution < -0.4 is 15.0 Å². The van der Waals surface area contributed by atoms with Crippen LogP contribution in [0.1, 0.15) is 30.9 Å². The average molecular weight is 470 g/mol. The van der Waals surface area contributed by atoms with Crippen LogP contribution in [0, 0.1) is 12.8 Å². The summed E-state index contributed by atoms with van der Waals surface area (Å²) < 4.78 is 34.2. The van der Waals surface area contributed by atoms with E-state index in [0.717, 1.165) is 17.7 Å². The molecule has 3 heterocycles. The van der Waals surface area contributed by atoms with Gasteiger partial charge in [0.25, 0.3) is 5.91 Å². The molecule has 0 aromatic heterocycles. The van der Waals surface area contributed by atoms with Crippen molar-refractivity contribution in [1.29, 1.82) is 0 Å². The van der Waals surface area contributed by atoms with E-state index in [1.54, 1.807) is 24.8 Å². The number of benzene rings is 2. The first-order chi connectivity index (χ1) is 15.8. The van der Waals surface area contributed by atoms with Crippen molar-refractivity contribution in [3.05, 3.63) is 47.5 Å². The van der Waals surface area contributed by atoms with Crippen LogP contribution in [0.15, 0.2) is 41.3 Å². The molecule has 3 aliphatic rings. The van der Waals surface area contributed by atoms with Crippen LogP contribution in [0.3, 0.4) is 0 Å². The summed E-state index contributed by atoms with van der Waals surface area (Å²) in [6, 6.07) is 11.0. The fourth-order valence-corrected chi connectivity index (χ4v) is 6.66. The number of hydrogen-bond donors (Lipinski definition) is 1. The summed E-state index contributed by atoms with van der Waals surface area (Å²) >= 11 is 0. The molecule has 0 radical (unpaired) electrons. The molecular formula is C24H27N3O5S. The number of piperidine rings is 1. The number of para-hydroxylation sites is 1. The topological polar surface area (TPSA) is 96.0 Å². The highest BCUT2D eigenvalue weighted by atomic mass is 32.2. The van der Waals surface area contributed by atoms with Crippen LogP contribution in [0.25, 0.3) is 0 Å². The first-order valence-corrected chi connectivity index (χ1v) is 12.7. The molecular weight excluding hydrogens is 442 g/mol. The Balaban J connectivity index is 1.39. The molecule has 2 aromatic carbocycles. The molecule has 2 atom stereocenters. The van der Waals surface area contributed by atoms with Gasteiger partial charge in [-0.1, -0.05) is 18.2 Å². The third-order valence-corrected chi connectivity index (χ3v) is 8.72. The molecule has 0 saturated carbocycles. The van der Waals surface area contributed by atoms with Crippen LogP contribution in [-0.2, 0) is 26.0 Å². The lowest BCUT2D eigenvalue weighted by atomic mass is 9.98. The van der Waals surface area contributed by atoms with E-state index in [9.17, 15) is 18.0 Å². The third kappa shape index (κ3) is 3.79. The zero-order chi connectivity index (χ0) is 23.3. The zero-order valence-electron chi connectivity index (χ0n) is 18.7. The first-order valence-electron chi connectivity index (χ1n) is 11.3. The lowest BCUT2D eigenvalue weighted by Crippen LogP contribution is -2.46. The van der Waals surface area contributed by atoms with Crippen molar-refractivity contribution in [3.8, 4) is 5.75 Å². The Bertz CT molecular complexity index is 1240. The molecule has 8 nitrogen and oxygen atoms in total. The average Bonchev–Trinajstić information content (AvgIpc) is 3.23. The van der Waals surface area contributed by atoms with Gasteiger partial charge in [0.2, 0.25) is 15.9 Å². The Morgan fingerprint density at radius 3 is 2.79 bits per heavy atom. The number of carbonyl (C=O) groups is 2. The molecule has 1 fully saturated rings. The highest BCUT2D eigenvalue weighted by Gasteiger charge is 2.38. The van der Waals surface area contributed by atoms with Crippen molar-refractivity contribution in [2.24, 2.45) is 5.92 Å². The van der Waals surface area contributed by atoms with E-state index in [2.05, 4.69) is 5.32 Å². The predicted molar refractivity (Wildman–Crippen MR) is 124 cm³/mol. The molecule has 0 aliphatic carbocycles. The Kier molecular flexibility index (Phi) is 5.41. The molecule has 0 bridgehead atoms. The quantitative estimate of drug-likeness (QED) is 0.746. The van der Waals surface area contributed by atoms with Crippen LogP contribution in [0.4, 0.5) is 11.4 Å². The zero-order valence-corrected chi connectivity index (χ0v) is 19.5. The van der Waals surface area contributed by atoms with Gasteiger partial charge in [0.05, 0.1) is 16.5 Å². The van der Waals surface area contributed by atoms with Gasteiger partial charge in [0.1, 0.15) is 5.75 Å². The number of fused-ring (bicyclic) bond motifs is 2. The van der Waals surface area contributed by atoms with Crippen molar-refractivity contribution in [1.82, 2.24) is 4.31 Å². The summed E-state index contributed by atoms with van der Waals surface area (Å²) in [5.74, 6) is -0.321. The minimum atomic E-state index is -3.84. The van der Waals surface area contributed by atoms with Gasteiger partial charge in [-0.25, -0.2) is 8.42 Å². The van der Waals surface area contributed by atoms with Crippen molar-refractivity contribution >= 4 is 33.2 Å². The van der Waals surface area contributed by atoms with Gasteiger partial charge in [-0.2, -0.15) is 4.31 Å². The van der Waals surface area contributed by atoms with Crippen molar-refractivity contribution in [3.63, 3.8) is 0 Å². The van der Waals surface area contributed by atoms with E-state index in [0.29, 0.717) is 42.9 Å². The minimum absolute atomic E-state index is 0.0121. The second-order valence-corrected chi connectivity index (χ2v) is 10.8. The number of ether oxygens (including phenoxy) is 1. The molecule has 33 heavy (non-hydrogen) atoms. The Morgan fingerprint density at radius 1 is 1.18 bits per heavy atom. The lowest BCUT2D eigenvalue weighted by molar-refractivity contribution is -0.123. The molecule has 3 aliphatic heterocycles. The molecule has 1 N–H and O–H groups in total. The molecule has 0 spiro atoms. The number of nitrogens with zero attached hydrogens (tertiary/aromatic N) is 2. The molecule has 174 valence electrons. The van der Waals surface area contributed by atoms with Gasteiger partial charge in [0.15, 0.2) is 6.10 Å². The van der Waals surface area contributed by atoms with Crippen molar-refractivity contribution in [2.45, 2.75) is 44.1 Å². The monoisotopic (exact) mass is 469 g/mol. The second-order valence-electron chi connectivity index (χ2n) is 8.93. The number of sulfonamides is 1. The van der Waals surface area contributed by atoms with E-state index in [4.69, 9.17) is 4.74 Å². The first kappa shape index (κ1) is 21.9. The maximum absolute atomic E-state index is 13.6. The van der Waals surface area contributed by atoms with E-state index < -0.39 is 16.1 Å². The number of amides is 2. The number of aryl methyl sites for hydroxylation is 1. The van der Waals surface area contributed by atoms with Crippen LogP contribution >= 0.6 is 0 Å². The Hall–Kier alpha value is -2.91.